The van der Waals surface area contributed by atoms with Gasteiger partial charge in [0, 0.05) is 12.4 Å². The standard InChI is InChI=1S/C5H7ClN2.ClH/c1-5-7-2-3-8(5)4-6;/h2-3H,4H2,1H3;1H. The maximum atomic E-state index is 5.50. The predicted octanol–water partition coefficient (Wildman–Crippen LogP) is 1.81. The Kier molecular flexibility index (Phi) is 3.66. The van der Waals surface area contributed by atoms with E-state index in [1.165, 1.54) is 0 Å². The van der Waals surface area contributed by atoms with Crippen LogP contribution in [0.2, 0.25) is 0 Å². The highest BCUT2D eigenvalue weighted by atomic mass is 35.5. The number of imidazole rings is 1. The van der Waals surface area contributed by atoms with Gasteiger partial charge in [-0.2, -0.15) is 0 Å². The van der Waals surface area contributed by atoms with Crippen molar-refractivity contribution < 1.29 is 0 Å². The summed E-state index contributed by atoms with van der Waals surface area (Å²) in [6.07, 6.45) is 3.58. The lowest BCUT2D eigenvalue weighted by molar-refractivity contribution is 0.831. The highest BCUT2D eigenvalue weighted by Crippen LogP contribution is 1.95. The quantitative estimate of drug-likeness (QED) is 0.583. The smallest absolute Gasteiger partial charge is 0.106 e. The van der Waals surface area contributed by atoms with Crippen LogP contribution in [0.5, 0.6) is 0 Å². The molecule has 2 nitrogen and oxygen atoms in total. The summed E-state index contributed by atoms with van der Waals surface area (Å²) in [7, 11) is 0. The van der Waals surface area contributed by atoms with Crippen LogP contribution in [0, 0.1) is 6.92 Å². The Bertz CT molecular complexity index is 173. The van der Waals surface area contributed by atoms with Crippen LogP contribution in [0.3, 0.4) is 0 Å². The Morgan fingerprint density at radius 3 is 2.67 bits per heavy atom. The summed E-state index contributed by atoms with van der Waals surface area (Å²) in [5, 5.41) is 0. The van der Waals surface area contributed by atoms with Crippen molar-refractivity contribution in [1.82, 2.24) is 9.55 Å². The number of nitrogens with zero attached hydrogens (tertiary/aromatic N) is 2. The third-order valence-electron chi connectivity index (χ3n) is 1.05. The Balaban J connectivity index is 0.000000640. The molecule has 52 valence electrons. The molecule has 1 aromatic rings. The van der Waals surface area contributed by atoms with Gasteiger partial charge in [-0.1, -0.05) is 0 Å². The second kappa shape index (κ2) is 3.75. The lowest BCUT2D eigenvalue weighted by Crippen LogP contribution is -1.91. The second-order valence-electron chi connectivity index (χ2n) is 1.56. The largest absolute Gasteiger partial charge is 0.321 e. The number of hydrogen-bond acceptors (Lipinski definition) is 1. The average Bonchev–Trinajstić information content (AvgIpc) is 2.14. The number of aromatic nitrogens is 2. The van der Waals surface area contributed by atoms with E-state index < -0.39 is 0 Å². The maximum Gasteiger partial charge on any atom is 0.106 e. The minimum atomic E-state index is 0. The third kappa shape index (κ3) is 1.88. The molecule has 0 aliphatic heterocycles. The molecule has 0 saturated carbocycles. The topological polar surface area (TPSA) is 17.8 Å². The van der Waals surface area contributed by atoms with Gasteiger partial charge in [0.05, 0.1) is 6.00 Å². The van der Waals surface area contributed by atoms with Crippen LogP contribution in [0.1, 0.15) is 5.82 Å². The first-order valence-corrected chi connectivity index (χ1v) is 2.91. The van der Waals surface area contributed by atoms with Crippen LogP contribution in [-0.4, -0.2) is 9.55 Å². The lowest BCUT2D eigenvalue weighted by Gasteiger charge is -1.93. The fraction of sp³-hybridized carbons (Fsp3) is 0.400. The summed E-state index contributed by atoms with van der Waals surface area (Å²) >= 11 is 5.50. The van der Waals surface area contributed by atoms with Crippen molar-refractivity contribution in [3.05, 3.63) is 18.2 Å². The van der Waals surface area contributed by atoms with E-state index in [9.17, 15) is 0 Å². The van der Waals surface area contributed by atoms with Gasteiger partial charge in [-0.05, 0) is 6.92 Å². The molecule has 0 amide bonds. The van der Waals surface area contributed by atoms with Gasteiger partial charge in [0.25, 0.3) is 0 Å². The molecule has 0 fully saturated rings. The van der Waals surface area contributed by atoms with E-state index in [-0.39, 0.29) is 12.4 Å². The van der Waals surface area contributed by atoms with Crippen molar-refractivity contribution >= 4 is 24.0 Å². The van der Waals surface area contributed by atoms with Crippen molar-refractivity contribution in [3.63, 3.8) is 0 Å². The number of halogens is 2. The van der Waals surface area contributed by atoms with Crippen LogP contribution in [0.4, 0.5) is 0 Å². The van der Waals surface area contributed by atoms with Crippen molar-refractivity contribution in [2.75, 3.05) is 0 Å². The summed E-state index contributed by atoms with van der Waals surface area (Å²) in [4.78, 5) is 3.97. The van der Waals surface area contributed by atoms with E-state index in [0.717, 1.165) is 5.82 Å². The van der Waals surface area contributed by atoms with E-state index in [0.29, 0.717) is 6.00 Å². The van der Waals surface area contributed by atoms with Crippen LogP contribution in [0.25, 0.3) is 0 Å². The van der Waals surface area contributed by atoms with Crippen LogP contribution >= 0.6 is 24.0 Å². The summed E-state index contributed by atoms with van der Waals surface area (Å²) in [6.45, 7) is 1.92. The zero-order valence-corrected chi connectivity index (χ0v) is 6.61. The third-order valence-corrected chi connectivity index (χ3v) is 1.31. The van der Waals surface area contributed by atoms with Crippen LogP contribution in [0.15, 0.2) is 12.4 Å². The molecule has 0 unspecified atom stereocenters. The zero-order chi connectivity index (χ0) is 5.98. The van der Waals surface area contributed by atoms with E-state index in [1.807, 2.05) is 17.7 Å². The summed E-state index contributed by atoms with van der Waals surface area (Å²) in [6, 6.07) is 0.492. The fourth-order valence-corrected chi connectivity index (χ4v) is 0.783. The Labute approximate surface area is 65.3 Å². The molecule has 0 atom stereocenters. The maximum absolute atomic E-state index is 5.50. The molecule has 1 aromatic heterocycles. The lowest BCUT2D eigenvalue weighted by atomic mass is 10.7. The molecule has 1 rings (SSSR count). The summed E-state index contributed by atoms with van der Waals surface area (Å²) < 4.78 is 1.86. The number of hydrogen-bond donors (Lipinski definition) is 0. The number of alkyl halides is 1. The molecule has 0 aromatic carbocycles. The molecule has 9 heavy (non-hydrogen) atoms. The van der Waals surface area contributed by atoms with Crippen molar-refractivity contribution in [2.45, 2.75) is 12.9 Å². The minimum Gasteiger partial charge on any atom is -0.321 e. The fourth-order valence-electron chi connectivity index (χ4n) is 0.530. The van der Waals surface area contributed by atoms with Gasteiger partial charge in [0.1, 0.15) is 5.82 Å². The van der Waals surface area contributed by atoms with E-state index in [4.69, 9.17) is 11.6 Å². The highest BCUT2D eigenvalue weighted by molar-refractivity contribution is 6.15. The van der Waals surface area contributed by atoms with Gasteiger partial charge in [-0.15, -0.1) is 24.0 Å². The van der Waals surface area contributed by atoms with E-state index >= 15 is 0 Å². The molecule has 0 aliphatic carbocycles. The molecule has 0 aliphatic rings. The van der Waals surface area contributed by atoms with Gasteiger partial charge in [0.2, 0.25) is 0 Å². The Morgan fingerprint density at radius 1 is 1.78 bits per heavy atom. The van der Waals surface area contributed by atoms with Crippen LogP contribution in [-0.2, 0) is 6.00 Å². The molecule has 0 spiro atoms. The molecule has 0 saturated heterocycles. The first kappa shape index (κ1) is 8.79. The monoisotopic (exact) mass is 166 g/mol. The van der Waals surface area contributed by atoms with E-state index in [2.05, 4.69) is 4.98 Å². The van der Waals surface area contributed by atoms with Crippen molar-refractivity contribution in [3.8, 4) is 0 Å². The number of rotatable bonds is 1. The summed E-state index contributed by atoms with van der Waals surface area (Å²) in [5.74, 6) is 0.958. The Morgan fingerprint density at radius 2 is 2.44 bits per heavy atom. The zero-order valence-electron chi connectivity index (χ0n) is 5.04. The van der Waals surface area contributed by atoms with Gasteiger partial charge in [0.15, 0.2) is 0 Å². The second-order valence-corrected chi connectivity index (χ2v) is 1.80. The Hall–Kier alpha value is -0.210. The minimum absolute atomic E-state index is 0. The van der Waals surface area contributed by atoms with Crippen molar-refractivity contribution in [2.24, 2.45) is 0 Å². The molecule has 0 bridgehead atoms. The van der Waals surface area contributed by atoms with E-state index in [1.54, 1.807) is 6.20 Å². The predicted molar refractivity (Wildman–Crippen MR) is 40.1 cm³/mol. The van der Waals surface area contributed by atoms with Crippen molar-refractivity contribution in [1.29, 1.82) is 0 Å². The summed E-state index contributed by atoms with van der Waals surface area (Å²) in [5.41, 5.74) is 0. The number of aryl methyl sites for hydroxylation is 1. The van der Waals surface area contributed by atoms with Gasteiger partial charge in [-0.3, -0.25) is 0 Å². The first-order valence-electron chi connectivity index (χ1n) is 2.38. The molecule has 0 N–H and O–H groups in total. The highest BCUT2D eigenvalue weighted by Gasteiger charge is 1.89. The molecule has 0 radical (unpaired) electrons. The van der Waals surface area contributed by atoms with Gasteiger partial charge >= 0.3 is 0 Å². The van der Waals surface area contributed by atoms with Gasteiger partial charge < -0.3 is 4.57 Å². The molecular weight excluding hydrogens is 159 g/mol. The first-order chi connectivity index (χ1) is 3.84. The SMILES string of the molecule is Cc1nccn1CCl.Cl. The average molecular weight is 167 g/mol. The molecule has 1 heterocycles. The molecular formula is C5H8Cl2N2. The van der Waals surface area contributed by atoms with Gasteiger partial charge in [-0.25, -0.2) is 4.98 Å². The molecule has 4 heteroatoms. The normalized spacial score (nSPS) is 8.67. The van der Waals surface area contributed by atoms with Crippen LogP contribution < -0.4 is 0 Å².